The first-order chi connectivity index (χ1) is 13.5. The number of halogens is 1. The number of thiazole rings is 1. The Labute approximate surface area is 172 Å². The molecule has 0 spiro atoms. The smallest absolute Gasteiger partial charge is 0.232 e. The number of amides is 1. The van der Waals surface area contributed by atoms with E-state index < -0.39 is 0 Å². The maximum Gasteiger partial charge on any atom is 0.232 e. The highest BCUT2D eigenvalue weighted by molar-refractivity contribution is 8.00. The Hall–Kier alpha value is -2.18. The van der Waals surface area contributed by atoms with Crippen LogP contribution >= 0.6 is 23.1 Å². The van der Waals surface area contributed by atoms with Crippen LogP contribution in [0.5, 0.6) is 0 Å². The Morgan fingerprint density at radius 1 is 1.21 bits per heavy atom. The number of aromatic nitrogens is 1. The van der Waals surface area contributed by atoms with E-state index in [1.165, 1.54) is 23.5 Å². The predicted molar refractivity (Wildman–Crippen MR) is 115 cm³/mol. The molecule has 1 aliphatic rings. The van der Waals surface area contributed by atoms with Gasteiger partial charge in [0, 0.05) is 27.1 Å². The van der Waals surface area contributed by atoms with Crippen molar-refractivity contribution in [2.45, 2.75) is 36.8 Å². The summed E-state index contributed by atoms with van der Waals surface area (Å²) in [5.41, 5.74) is 2.61. The van der Waals surface area contributed by atoms with Gasteiger partial charge in [-0.1, -0.05) is 19.1 Å². The summed E-state index contributed by atoms with van der Waals surface area (Å²) in [5.74, 6) is -0.199. The van der Waals surface area contributed by atoms with Crippen molar-refractivity contribution in [1.82, 2.24) is 4.98 Å². The van der Waals surface area contributed by atoms with Crippen molar-refractivity contribution in [2.75, 3.05) is 11.4 Å². The summed E-state index contributed by atoms with van der Waals surface area (Å²) in [4.78, 5) is 21.9. The number of anilines is 1. The molecule has 1 unspecified atom stereocenters. The van der Waals surface area contributed by atoms with Crippen molar-refractivity contribution in [3.8, 4) is 11.3 Å². The second kappa shape index (κ2) is 8.05. The number of hydrogen-bond donors (Lipinski definition) is 0. The average Bonchev–Trinajstić information content (AvgIpc) is 2.94. The van der Waals surface area contributed by atoms with Gasteiger partial charge in [-0.25, -0.2) is 9.37 Å². The van der Waals surface area contributed by atoms with Crippen molar-refractivity contribution in [2.24, 2.45) is 0 Å². The summed E-state index contributed by atoms with van der Waals surface area (Å²) in [6.45, 7) is 4.85. The molecule has 4 rings (SSSR count). The van der Waals surface area contributed by atoms with Gasteiger partial charge < -0.3 is 4.90 Å². The molecule has 1 amide bonds. The summed E-state index contributed by atoms with van der Waals surface area (Å²) < 4.78 is 13.3. The number of thioether (sulfide) groups is 1. The maximum atomic E-state index is 13.3. The van der Waals surface area contributed by atoms with Crippen molar-refractivity contribution in [3.05, 3.63) is 64.2 Å². The third-order valence-electron chi connectivity index (χ3n) is 4.78. The van der Waals surface area contributed by atoms with E-state index in [4.69, 9.17) is 0 Å². The van der Waals surface area contributed by atoms with E-state index in [-0.39, 0.29) is 11.7 Å². The summed E-state index contributed by atoms with van der Waals surface area (Å²) in [5, 5.41) is 1.38. The van der Waals surface area contributed by atoms with Crippen LogP contribution in [0.3, 0.4) is 0 Å². The average molecular weight is 413 g/mol. The van der Waals surface area contributed by atoms with E-state index in [2.05, 4.69) is 18.0 Å². The molecule has 0 fully saturated rings. The van der Waals surface area contributed by atoms with Crippen molar-refractivity contribution in [3.63, 3.8) is 0 Å². The molecule has 2 heterocycles. The van der Waals surface area contributed by atoms with Crippen molar-refractivity contribution in [1.29, 1.82) is 0 Å². The first-order valence-corrected chi connectivity index (χ1v) is 11.0. The molecular formula is C22H21FN2OS2. The number of carbonyl (C=O) groups excluding carboxylic acids is 1. The van der Waals surface area contributed by atoms with E-state index >= 15 is 0 Å². The standard InChI is InChI=1S/C22H21FN2OS2/c1-14-11-12-25(18-5-3-4-6-19(18)27-14)21(26)13-20-22(24-15(2)28-20)16-7-9-17(23)10-8-16/h3-10,14H,11-13H2,1-2H3. The quantitative estimate of drug-likeness (QED) is 0.552. The molecule has 1 aliphatic heterocycles. The number of hydrogen-bond acceptors (Lipinski definition) is 4. The molecule has 1 atom stereocenters. The van der Waals surface area contributed by atoms with Crippen LogP contribution in [0.25, 0.3) is 11.3 Å². The zero-order valence-corrected chi connectivity index (χ0v) is 17.4. The number of aryl methyl sites for hydroxylation is 1. The number of nitrogens with zero attached hydrogens (tertiary/aromatic N) is 2. The second-order valence-corrected chi connectivity index (χ2v) is 9.69. The highest BCUT2D eigenvalue weighted by Crippen LogP contribution is 2.38. The molecule has 0 bridgehead atoms. The van der Waals surface area contributed by atoms with Crippen LogP contribution < -0.4 is 4.90 Å². The van der Waals surface area contributed by atoms with Crippen LogP contribution in [0.1, 0.15) is 23.2 Å². The van der Waals surface area contributed by atoms with Gasteiger partial charge in [0.2, 0.25) is 5.91 Å². The fourth-order valence-electron chi connectivity index (χ4n) is 3.40. The van der Waals surface area contributed by atoms with Gasteiger partial charge in [0.05, 0.1) is 22.8 Å². The lowest BCUT2D eigenvalue weighted by Crippen LogP contribution is -2.33. The van der Waals surface area contributed by atoms with E-state index in [1.54, 1.807) is 12.1 Å². The molecule has 3 nitrogen and oxygen atoms in total. The van der Waals surface area contributed by atoms with Gasteiger partial charge in [-0.05, 0) is 49.7 Å². The number of para-hydroxylation sites is 1. The third kappa shape index (κ3) is 3.98. The van der Waals surface area contributed by atoms with E-state index in [9.17, 15) is 9.18 Å². The fourth-order valence-corrected chi connectivity index (χ4v) is 5.46. The van der Waals surface area contributed by atoms with E-state index in [0.29, 0.717) is 18.2 Å². The highest BCUT2D eigenvalue weighted by Gasteiger charge is 2.25. The first-order valence-electron chi connectivity index (χ1n) is 9.29. The molecule has 1 aromatic heterocycles. The Balaban J connectivity index is 1.64. The molecule has 0 N–H and O–H groups in total. The zero-order chi connectivity index (χ0) is 19.7. The second-order valence-electron chi connectivity index (χ2n) is 6.92. The lowest BCUT2D eigenvalue weighted by molar-refractivity contribution is -0.118. The summed E-state index contributed by atoms with van der Waals surface area (Å²) in [6.07, 6.45) is 1.25. The Kier molecular flexibility index (Phi) is 5.51. The van der Waals surface area contributed by atoms with Crippen molar-refractivity contribution < 1.29 is 9.18 Å². The van der Waals surface area contributed by atoms with E-state index in [1.807, 2.05) is 41.8 Å². The van der Waals surface area contributed by atoms with Gasteiger partial charge >= 0.3 is 0 Å². The van der Waals surface area contributed by atoms with Gasteiger partial charge in [0.15, 0.2) is 0 Å². The van der Waals surface area contributed by atoms with Crippen LogP contribution in [-0.4, -0.2) is 22.7 Å². The summed E-state index contributed by atoms with van der Waals surface area (Å²) >= 11 is 3.36. The van der Waals surface area contributed by atoms with Crippen LogP contribution in [0.15, 0.2) is 53.4 Å². The molecule has 2 aromatic carbocycles. The predicted octanol–water partition coefficient (Wildman–Crippen LogP) is 5.72. The SMILES string of the molecule is Cc1nc(-c2ccc(F)cc2)c(CC(=O)N2CCC(C)Sc3ccccc32)s1. The monoisotopic (exact) mass is 412 g/mol. The molecule has 3 aromatic rings. The minimum Gasteiger partial charge on any atom is -0.311 e. The van der Waals surface area contributed by atoms with Crippen LogP contribution in [0.4, 0.5) is 10.1 Å². The van der Waals surface area contributed by atoms with Gasteiger partial charge in [0.1, 0.15) is 5.82 Å². The largest absolute Gasteiger partial charge is 0.311 e. The number of carbonyl (C=O) groups is 1. The molecule has 28 heavy (non-hydrogen) atoms. The molecular weight excluding hydrogens is 391 g/mol. The van der Waals surface area contributed by atoms with E-state index in [0.717, 1.165) is 38.1 Å². The minimum atomic E-state index is -0.277. The minimum absolute atomic E-state index is 0.0779. The summed E-state index contributed by atoms with van der Waals surface area (Å²) in [6, 6.07) is 14.4. The molecule has 0 aliphatic carbocycles. The van der Waals surface area contributed by atoms with Gasteiger partial charge in [-0.3, -0.25) is 4.79 Å². The van der Waals surface area contributed by atoms with Gasteiger partial charge in [0.25, 0.3) is 0 Å². The molecule has 6 heteroatoms. The molecule has 0 radical (unpaired) electrons. The highest BCUT2D eigenvalue weighted by atomic mass is 32.2. The number of benzene rings is 2. The fraction of sp³-hybridized carbons (Fsp3) is 0.273. The Morgan fingerprint density at radius 3 is 2.75 bits per heavy atom. The molecule has 144 valence electrons. The van der Waals surface area contributed by atoms with Gasteiger partial charge in [-0.2, -0.15) is 0 Å². The maximum absolute atomic E-state index is 13.3. The summed E-state index contributed by atoms with van der Waals surface area (Å²) in [7, 11) is 0. The van der Waals surface area contributed by atoms with Gasteiger partial charge in [-0.15, -0.1) is 23.1 Å². The van der Waals surface area contributed by atoms with Crippen LogP contribution in [0.2, 0.25) is 0 Å². The third-order valence-corrected chi connectivity index (χ3v) is 6.99. The first kappa shape index (κ1) is 19.2. The van der Waals surface area contributed by atoms with Crippen LogP contribution in [0, 0.1) is 12.7 Å². The Bertz CT molecular complexity index is 1000. The lowest BCUT2D eigenvalue weighted by Gasteiger charge is -2.22. The zero-order valence-electron chi connectivity index (χ0n) is 15.8. The lowest BCUT2D eigenvalue weighted by atomic mass is 10.1. The normalized spacial score (nSPS) is 16.5. The Morgan fingerprint density at radius 2 is 1.96 bits per heavy atom. The number of rotatable bonds is 3. The molecule has 0 saturated carbocycles. The van der Waals surface area contributed by atoms with Crippen molar-refractivity contribution >= 4 is 34.7 Å². The van der Waals surface area contributed by atoms with Crippen LogP contribution in [-0.2, 0) is 11.2 Å². The molecule has 0 saturated heterocycles. The topological polar surface area (TPSA) is 33.2 Å². The number of fused-ring (bicyclic) bond motifs is 1.